The second kappa shape index (κ2) is 5.87. The van der Waals surface area contributed by atoms with Crippen LogP contribution in [0.5, 0.6) is 5.75 Å². The summed E-state index contributed by atoms with van der Waals surface area (Å²) in [6.07, 6.45) is 0. The molecule has 0 spiro atoms. The van der Waals surface area contributed by atoms with E-state index in [-0.39, 0.29) is 0 Å². The third kappa shape index (κ3) is 2.89. The van der Waals surface area contributed by atoms with Gasteiger partial charge >= 0.3 is 0 Å². The van der Waals surface area contributed by atoms with E-state index < -0.39 is 0 Å². The Balaban J connectivity index is 2.58. The van der Waals surface area contributed by atoms with Gasteiger partial charge in [-0.1, -0.05) is 40.9 Å². The molecule has 1 aromatic carbocycles. The van der Waals surface area contributed by atoms with Crippen LogP contribution in [-0.2, 0) is 0 Å². The third-order valence-corrected chi connectivity index (χ3v) is 3.48. The molecule has 0 atom stereocenters. The summed E-state index contributed by atoms with van der Waals surface area (Å²) in [5.74, 6) is 1.13. The molecule has 0 saturated heterocycles. The lowest BCUT2D eigenvalue weighted by Crippen LogP contribution is -1.96. The van der Waals surface area contributed by atoms with E-state index in [9.17, 15) is 0 Å². The first kappa shape index (κ1) is 14.3. The molecule has 3 nitrogen and oxygen atoms in total. The summed E-state index contributed by atoms with van der Waals surface area (Å²) in [5, 5.41) is 4.38. The van der Waals surface area contributed by atoms with Gasteiger partial charge in [-0.15, -0.1) is 0 Å². The van der Waals surface area contributed by atoms with Gasteiger partial charge in [-0.25, -0.2) is 4.98 Å². The van der Waals surface area contributed by atoms with E-state index in [1.54, 1.807) is 32.4 Å². The van der Waals surface area contributed by atoms with Crippen molar-refractivity contribution in [2.24, 2.45) is 0 Å². The van der Waals surface area contributed by atoms with Crippen LogP contribution in [0.2, 0.25) is 15.1 Å². The second-order valence-electron chi connectivity index (χ2n) is 3.75. The average molecular weight is 318 g/mol. The number of benzene rings is 1. The van der Waals surface area contributed by atoms with E-state index in [2.05, 4.69) is 10.3 Å². The van der Waals surface area contributed by atoms with Crippen molar-refractivity contribution in [3.63, 3.8) is 0 Å². The maximum Gasteiger partial charge on any atom is 0.145 e. The molecule has 19 heavy (non-hydrogen) atoms. The molecule has 1 N–H and O–H groups in total. The highest BCUT2D eigenvalue weighted by molar-refractivity contribution is 6.37. The van der Waals surface area contributed by atoms with E-state index >= 15 is 0 Å². The SMILES string of the molecule is CNc1nc(-c2ccc(Cl)c(OC)c2)c(Cl)cc1Cl. The van der Waals surface area contributed by atoms with Gasteiger partial charge in [0.2, 0.25) is 0 Å². The topological polar surface area (TPSA) is 34.2 Å². The van der Waals surface area contributed by atoms with E-state index in [0.717, 1.165) is 5.56 Å². The molecule has 0 radical (unpaired) electrons. The first-order valence-corrected chi connectivity index (χ1v) is 6.58. The molecule has 6 heteroatoms. The molecular formula is C13H11Cl3N2O. The number of rotatable bonds is 3. The van der Waals surface area contributed by atoms with Crippen molar-refractivity contribution in [2.45, 2.75) is 0 Å². The zero-order chi connectivity index (χ0) is 14.0. The summed E-state index contributed by atoms with van der Waals surface area (Å²) in [4.78, 5) is 4.39. The molecule has 0 aliphatic rings. The second-order valence-corrected chi connectivity index (χ2v) is 4.97. The molecule has 0 amide bonds. The Labute approximate surface area is 126 Å². The maximum atomic E-state index is 6.18. The van der Waals surface area contributed by atoms with E-state index in [4.69, 9.17) is 39.5 Å². The lowest BCUT2D eigenvalue weighted by molar-refractivity contribution is 0.415. The van der Waals surface area contributed by atoms with E-state index in [1.807, 2.05) is 6.07 Å². The number of anilines is 1. The third-order valence-electron chi connectivity index (χ3n) is 2.59. The summed E-state index contributed by atoms with van der Waals surface area (Å²) in [6.45, 7) is 0. The maximum absolute atomic E-state index is 6.18. The molecule has 0 saturated carbocycles. The standard InChI is InChI=1S/C13H11Cl3N2O/c1-17-13-10(16)6-9(15)12(18-13)7-3-4-8(14)11(5-7)19-2/h3-6H,1-2H3,(H,17,18). The highest BCUT2D eigenvalue weighted by Gasteiger charge is 2.12. The molecule has 0 fully saturated rings. The minimum absolute atomic E-state index is 0.466. The molecule has 0 aliphatic carbocycles. The van der Waals surface area contributed by atoms with Crippen LogP contribution in [0.1, 0.15) is 0 Å². The van der Waals surface area contributed by atoms with Gasteiger partial charge < -0.3 is 10.1 Å². The Bertz CT molecular complexity index is 617. The van der Waals surface area contributed by atoms with Gasteiger partial charge in [0.15, 0.2) is 0 Å². The van der Waals surface area contributed by atoms with Crippen LogP contribution in [0.3, 0.4) is 0 Å². The van der Waals surface area contributed by atoms with Crippen LogP contribution >= 0.6 is 34.8 Å². The number of hydrogen-bond donors (Lipinski definition) is 1. The number of nitrogens with zero attached hydrogens (tertiary/aromatic N) is 1. The van der Waals surface area contributed by atoms with Crippen LogP contribution in [-0.4, -0.2) is 19.1 Å². The van der Waals surface area contributed by atoms with Crippen molar-refractivity contribution in [3.8, 4) is 17.0 Å². The highest BCUT2D eigenvalue weighted by atomic mass is 35.5. The van der Waals surface area contributed by atoms with E-state index in [0.29, 0.717) is 32.3 Å². The summed E-state index contributed by atoms with van der Waals surface area (Å²) in [7, 11) is 3.30. The highest BCUT2D eigenvalue weighted by Crippen LogP contribution is 2.35. The molecular weight excluding hydrogens is 307 g/mol. The van der Waals surface area contributed by atoms with Gasteiger partial charge in [-0.3, -0.25) is 0 Å². The van der Waals surface area contributed by atoms with Gasteiger partial charge in [0.25, 0.3) is 0 Å². The predicted molar refractivity (Wildman–Crippen MR) is 80.8 cm³/mol. The summed E-state index contributed by atoms with van der Waals surface area (Å²) in [6, 6.07) is 7.00. The van der Waals surface area contributed by atoms with Crippen molar-refractivity contribution >= 4 is 40.6 Å². The molecule has 1 heterocycles. The van der Waals surface area contributed by atoms with Crippen LogP contribution < -0.4 is 10.1 Å². The number of hydrogen-bond acceptors (Lipinski definition) is 3. The van der Waals surface area contributed by atoms with Gasteiger partial charge in [-0.05, 0) is 18.2 Å². The Hall–Kier alpha value is -1.16. The molecule has 0 aliphatic heterocycles. The van der Waals surface area contributed by atoms with Gasteiger partial charge in [0, 0.05) is 12.6 Å². The lowest BCUT2D eigenvalue weighted by atomic mass is 10.1. The largest absolute Gasteiger partial charge is 0.495 e. The Kier molecular flexibility index (Phi) is 4.40. The zero-order valence-electron chi connectivity index (χ0n) is 10.3. The van der Waals surface area contributed by atoms with Gasteiger partial charge in [0.05, 0.1) is 27.9 Å². The monoisotopic (exact) mass is 316 g/mol. The van der Waals surface area contributed by atoms with Crippen molar-refractivity contribution < 1.29 is 4.74 Å². The quantitative estimate of drug-likeness (QED) is 0.886. The van der Waals surface area contributed by atoms with E-state index in [1.165, 1.54) is 0 Å². The lowest BCUT2D eigenvalue weighted by Gasteiger charge is -2.10. The smallest absolute Gasteiger partial charge is 0.145 e. The number of methoxy groups -OCH3 is 1. The zero-order valence-corrected chi connectivity index (χ0v) is 12.6. The fraction of sp³-hybridized carbons (Fsp3) is 0.154. The number of aromatic nitrogens is 1. The normalized spacial score (nSPS) is 10.4. The van der Waals surface area contributed by atoms with Crippen LogP contribution in [0.25, 0.3) is 11.3 Å². The fourth-order valence-corrected chi connectivity index (χ4v) is 2.41. The number of nitrogens with one attached hydrogen (secondary N) is 1. The fourth-order valence-electron chi connectivity index (χ4n) is 1.65. The average Bonchev–Trinajstić information content (AvgIpc) is 2.40. The molecule has 2 rings (SSSR count). The molecule has 100 valence electrons. The number of ether oxygens (including phenoxy) is 1. The Morgan fingerprint density at radius 3 is 2.42 bits per heavy atom. The minimum atomic E-state index is 0.466. The van der Waals surface area contributed by atoms with Crippen LogP contribution in [0.15, 0.2) is 24.3 Å². The van der Waals surface area contributed by atoms with Crippen molar-refractivity contribution in [2.75, 3.05) is 19.5 Å². The Morgan fingerprint density at radius 1 is 1.05 bits per heavy atom. The van der Waals surface area contributed by atoms with Crippen molar-refractivity contribution in [1.82, 2.24) is 4.98 Å². The van der Waals surface area contributed by atoms with Crippen molar-refractivity contribution in [3.05, 3.63) is 39.3 Å². The molecule has 2 aromatic rings. The first-order valence-electron chi connectivity index (χ1n) is 5.44. The predicted octanol–water partition coefficient (Wildman–Crippen LogP) is 4.76. The van der Waals surface area contributed by atoms with Crippen LogP contribution in [0, 0.1) is 0 Å². The number of pyridine rings is 1. The Morgan fingerprint density at radius 2 is 1.79 bits per heavy atom. The minimum Gasteiger partial charge on any atom is -0.495 e. The van der Waals surface area contributed by atoms with Gasteiger partial charge in [-0.2, -0.15) is 0 Å². The summed E-state index contributed by atoms with van der Waals surface area (Å²) < 4.78 is 5.18. The summed E-state index contributed by atoms with van der Waals surface area (Å²) >= 11 is 18.2. The van der Waals surface area contributed by atoms with Crippen LogP contribution in [0.4, 0.5) is 5.82 Å². The molecule has 0 bridgehead atoms. The summed E-state index contributed by atoms with van der Waals surface area (Å²) in [5.41, 5.74) is 1.42. The first-order chi connectivity index (χ1) is 9.06. The van der Waals surface area contributed by atoms with Gasteiger partial charge in [0.1, 0.15) is 11.6 Å². The molecule has 0 unspecified atom stereocenters. The molecule has 1 aromatic heterocycles. The number of halogens is 3. The van der Waals surface area contributed by atoms with Crippen molar-refractivity contribution in [1.29, 1.82) is 0 Å².